The van der Waals surface area contributed by atoms with Gasteiger partial charge >= 0.3 is 0 Å². The first-order valence-corrected chi connectivity index (χ1v) is 9.15. The minimum Gasteiger partial charge on any atom is -0.393 e. The number of ketones is 3. The van der Waals surface area contributed by atoms with Gasteiger partial charge < -0.3 is 25.5 Å². The van der Waals surface area contributed by atoms with Gasteiger partial charge in [-0.25, -0.2) is 0 Å². The molecule has 0 saturated heterocycles. The maximum atomic E-state index is 10.8. The number of carbonyl (C=O) groups excluding carboxylic acids is 3. The molecule has 0 rings (SSSR count). The second-order valence-corrected chi connectivity index (χ2v) is 6.99. The van der Waals surface area contributed by atoms with E-state index in [4.69, 9.17) is 25.5 Å². The summed E-state index contributed by atoms with van der Waals surface area (Å²) in [6.07, 6.45) is -2.60. The predicted molar refractivity (Wildman–Crippen MR) is 102 cm³/mol. The minimum atomic E-state index is -1.19. The van der Waals surface area contributed by atoms with Crippen molar-refractivity contribution in [3.05, 3.63) is 0 Å². The van der Waals surface area contributed by atoms with Crippen molar-refractivity contribution in [2.24, 2.45) is 17.8 Å². The summed E-state index contributed by atoms with van der Waals surface area (Å²) in [4.78, 5) is 32.2. The van der Waals surface area contributed by atoms with Gasteiger partial charge in [0.15, 0.2) is 17.3 Å². The number of aliphatic hydroxyl groups excluding tert-OH is 5. The number of carbonyl (C=O) groups is 3. The van der Waals surface area contributed by atoms with Crippen molar-refractivity contribution in [2.75, 3.05) is 13.2 Å². The lowest BCUT2D eigenvalue weighted by Gasteiger charge is -2.07. The monoisotopic (exact) mass is 394 g/mol. The third-order valence-corrected chi connectivity index (χ3v) is 3.42. The zero-order valence-electron chi connectivity index (χ0n) is 17.5. The molecule has 27 heavy (non-hydrogen) atoms. The van der Waals surface area contributed by atoms with E-state index in [2.05, 4.69) is 0 Å². The first kappa shape index (κ1) is 30.5. The quantitative estimate of drug-likeness (QED) is 0.369. The van der Waals surface area contributed by atoms with E-state index in [0.29, 0.717) is 6.42 Å². The van der Waals surface area contributed by atoms with E-state index in [1.807, 2.05) is 0 Å². The number of hydrogen-bond donors (Lipinski definition) is 5. The fourth-order valence-corrected chi connectivity index (χ4v) is 1.54. The molecule has 0 aliphatic heterocycles. The molecule has 0 aromatic carbocycles. The highest BCUT2D eigenvalue weighted by Gasteiger charge is 2.17. The van der Waals surface area contributed by atoms with Crippen LogP contribution in [-0.4, -0.2) is 74.4 Å². The Morgan fingerprint density at radius 3 is 0.889 bits per heavy atom. The lowest BCUT2D eigenvalue weighted by Crippen LogP contribution is -2.28. The van der Waals surface area contributed by atoms with Crippen LogP contribution < -0.4 is 0 Å². The van der Waals surface area contributed by atoms with E-state index in [1.165, 1.54) is 0 Å². The molecule has 0 heterocycles. The second kappa shape index (κ2) is 16.9. The molecule has 0 saturated carbocycles. The molecule has 1 unspecified atom stereocenters. The van der Waals surface area contributed by atoms with Crippen molar-refractivity contribution in [2.45, 2.75) is 73.2 Å². The Morgan fingerprint density at radius 1 is 0.593 bits per heavy atom. The number of Topliss-reactive ketones (excluding diaryl/α,β-unsaturated/α-hetero) is 3. The summed E-state index contributed by atoms with van der Waals surface area (Å²) in [7, 11) is 0. The molecule has 0 amide bonds. The Bertz CT molecular complexity index is 356. The molecular formula is C19H38O8. The summed E-state index contributed by atoms with van der Waals surface area (Å²) in [6, 6.07) is 0. The Hall–Kier alpha value is -1.19. The smallest absolute Gasteiger partial charge is 0.166 e. The van der Waals surface area contributed by atoms with Crippen molar-refractivity contribution in [1.29, 1.82) is 0 Å². The van der Waals surface area contributed by atoms with Gasteiger partial charge in [-0.2, -0.15) is 0 Å². The summed E-state index contributed by atoms with van der Waals surface area (Å²) in [5, 5.41) is 42.9. The van der Waals surface area contributed by atoms with E-state index in [9.17, 15) is 14.4 Å². The predicted octanol–water partition coefficient (Wildman–Crippen LogP) is 0.112. The van der Waals surface area contributed by atoms with Crippen LogP contribution in [0.3, 0.4) is 0 Å². The fourth-order valence-electron chi connectivity index (χ4n) is 1.54. The molecule has 8 nitrogen and oxygen atoms in total. The molecule has 0 aliphatic carbocycles. The van der Waals surface area contributed by atoms with Gasteiger partial charge in [0.05, 0.1) is 13.2 Å². The molecular weight excluding hydrogens is 356 g/mol. The lowest BCUT2D eigenvalue weighted by atomic mass is 10.0. The Kier molecular flexibility index (Phi) is 19.2. The van der Waals surface area contributed by atoms with Gasteiger partial charge in [0.2, 0.25) is 0 Å². The maximum absolute atomic E-state index is 10.8. The van der Waals surface area contributed by atoms with E-state index in [1.54, 1.807) is 48.5 Å². The van der Waals surface area contributed by atoms with Crippen LogP contribution in [0.25, 0.3) is 0 Å². The summed E-state index contributed by atoms with van der Waals surface area (Å²) in [5.74, 6) is -1.12. The van der Waals surface area contributed by atoms with Crippen molar-refractivity contribution >= 4 is 17.3 Å². The SMILES string of the molecule is CC(C)C(=O)C(O)CO.CC(C)C(=O)[C@@H](O)CO.CC[C@@H](O)C(=O)C(C)C. The van der Waals surface area contributed by atoms with E-state index in [-0.39, 0.29) is 35.1 Å². The molecule has 8 heteroatoms. The minimum absolute atomic E-state index is 0.0417. The first-order valence-electron chi connectivity index (χ1n) is 9.15. The number of rotatable bonds is 9. The molecule has 162 valence electrons. The Balaban J connectivity index is -0.000000320. The normalized spacial score (nSPS) is 13.9. The second-order valence-electron chi connectivity index (χ2n) is 6.99. The molecule has 0 spiro atoms. The molecule has 5 N–H and O–H groups in total. The van der Waals surface area contributed by atoms with Gasteiger partial charge in [-0.05, 0) is 6.42 Å². The maximum Gasteiger partial charge on any atom is 0.166 e. The Morgan fingerprint density at radius 2 is 0.815 bits per heavy atom. The van der Waals surface area contributed by atoms with Gasteiger partial charge in [-0.15, -0.1) is 0 Å². The van der Waals surface area contributed by atoms with Gasteiger partial charge in [-0.3, -0.25) is 14.4 Å². The average molecular weight is 395 g/mol. The van der Waals surface area contributed by atoms with Crippen LogP contribution in [0.2, 0.25) is 0 Å². The summed E-state index contributed by atoms with van der Waals surface area (Å²) in [6.45, 7) is 11.2. The third-order valence-electron chi connectivity index (χ3n) is 3.42. The molecule has 0 aromatic heterocycles. The first-order chi connectivity index (χ1) is 12.3. The van der Waals surface area contributed by atoms with Crippen molar-refractivity contribution < 1.29 is 39.9 Å². The van der Waals surface area contributed by atoms with E-state index < -0.39 is 31.5 Å². The lowest BCUT2D eigenvalue weighted by molar-refractivity contribution is -0.132. The molecule has 0 aliphatic rings. The highest BCUT2D eigenvalue weighted by Crippen LogP contribution is 2.01. The fraction of sp³-hybridized carbons (Fsp3) is 0.842. The molecule has 0 radical (unpaired) electrons. The van der Waals surface area contributed by atoms with Crippen LogP contribution in [0.15, 0.2) is 0 Å². The number of aliphatic hydroxyl groups is 5. The average Bonchev–Trinajstić information content (AvgIpc) is 2.64. The topological polar surface area (TPSA) is 152 Å². The van der Waals surface area contributed by atoms with Gasteiger partial charge in [0.25, 0.3) is 0 Å². The Labute approximate surface area is 162 Å². The van der Waals surface area contributed by atoms with Gasteiger partial charge in [0.1, 0.15) is 18.3 Å². The molecule has 0 fully saturated rings. The van der Waals surface area contributed by atoms with Gasteiger partial charge in [-0.1, -0.05) is 48.5 Å². The molecule has 0 bridgehead atoms. The summed E-state index contributed by atoms with van der Waals surface area (Å²) in [5.41, 5.74) is 0. The van der Waals surface area contributed by atoms with Crippen LogP contribution >= 0.6 is 0 Å². The van der Waals surface area contributed by atoms with E-state index >= 15 is 0 Å². The van der Waals surface area contributed by atoms with Gasteiger partial charge in [0, 0.05) is 17.8 Å². The molecule has 0 aromatic rings. The zero-order chi connectivity index (χ0) is 22.3. The van der Waals surface area contributed by atoms with Crippen LogP contribution in [-0.2, 0) is 14.4 Å². The standard InChI is InChI=1S/C7H14O2.2C6H12O3/c1-4-6(8)7(9)5(2)3;2*1-4(2)6(9)5(8)3-7/h5-6,8H,4H2,1-3H3;2*4-5,7-8H,3H2,1-2H3/t6-;5-;/m10./s1. The highest BCUT2D eigenvalue weighted by atomic mass is 16.3. The van der Waals surface area contributed by atoms with E-state index in [0.717, 1.165) is 0 Å². The highest BCUT2D eigenvalue weighted by molar-refractivity contribution is 5.85. The van der Waals surface area contributed by atoms with Crippen LogP contribution in [0.5, 0.6) is 0 Å². The largest absolute Gasteiger partial charge is 0.393 e. The summed E-state index contributed by atoms with van der Waals surface area (Å²) < 4.78 is 0. The molecule has 3 atom stereocenters. The van der Waals surface area contributed by atoms with Crippen molar-refractivity contribution in [3.63, 3.8) is 0 Å². The third kappa shape index (κ3) is 15.6. The van der Waals surface area contributed by atoms with Crippen LogP contribution in [0.4, 0.5) is 0 Å². The summed E-state index contributed by atoms with van der Waals surface area (Å²) >= 11 is 0. The van der Waals surface area contributed by atoms with Crippen molar-refractivity contribution in [1.82, 2.24) is 0 Å². The zero-order valence-corrected chi connectivity index (χ0v) is 17.5. The van der Waals surface area contributed by atoms with Crippen LogP contribution in [0, 0.1) is 17.8 Å². The van der Waals surface area contributed by atoms with Crippen molar-refractivity contribution in [3.8, 4) is 0 Å². The number of hydrogen-bond acceptors (Lipinski definition) is 8. The van der Waals surface area contributed by atoms with Crippen LogP contribution in [0.1, 0.15) is 54.9 Å².